The van der Waals surface area contributed by atoms with Gasteiger partial charge < -0.3 is 19.9 Å². The van der Waals surface area contributed by atoms with E-state index in [9.17, 15) is 8.42 Å². The first kappa shape index (κ1) is 22.9. The highest BCUT2D eigenvalue weighted by atomic mass is 79.9. The Bertz CT molecular complexity index is 1200. The molecule has 0 aliphatic heterocycles. The zero-order valence-corrected chi connectivity index (χ0v) is 19.7. The van der Waals surface area contributed by atoms with Gasteiger partial charge in [-0.3, -0.25) is 0 Å². The van der Waals surface area contributed by atoms with Gasteiger partial charge in [-0.05, 0) is 64.8 Å². The number of hydrogen-bond donors (Lipinski definition) is 2. The van der Waals surface area contributed by atoms with Gasteiger partial charge in [0.05, 0.1) is 18.7 Å². The first-order valence-electron chi connectivity index (χ1n) is 9.27. The summed E-state index contributed by atoms with van der Waals surface area (Å²) >= 11 is 3.43. The minimum atomic E-state index is -3.95. The summed E-state index contributed by atoms with van der Waals surface area (Å²) in [4.78, 5) is -0.0617. The number of nitrogen functional groups attached to an aromatic ring is 1. The van der Waals surface area contributed by atoms with Crippen molar-refractivity contribution in [1.29, 1.82) is 0 Å². The Kier molecular flexibility index (Phi) is 7.09. The van der Waals surface area contributed by atoms with E-state index in [2.05, 4.69) is 20.7 Å². The second-order valence-corrected chi connectivity index (χ2v) is 9.33. The van der Waals surface area contributed by atoms with Crippen LogP contribution in [0.15, 0.2) is 64.0 Å². The maximum Gasteiger partial charge on any atom is 0.244 e. The predicted octanol–water partition coefficient (Wildman–Crippen LogP) is 4.63. The molecular formula is C22H23BrN2O5S. The number of aryl methyl sites for hydroxylation is 1. The molecule has 0 unspecified atom stereocenters. The van der Waals surface area contributed by atoms with Crippen molar-refractivity contribution >= 4 is 31.6 Å². The van der Waals surface area contributed by atoms with Gasteiger partial charge in [-0.15, -0.1) is 0 Å². The normalized spacial score (nSPS) is 11.2. The molecule has 0 amide bonds. The van der Waals surface area contributed by atoms with Crippen LogP contribution in [0, 0.1) is 6.92 Å². The fourth-order valence-corrected chi connectivity index (χ4v) is 4.37. The van der Waals surface area contributed by atoms with Crippen molar-refractivity contribution in [3.63, 3.8) is 0 Å². The first-order valence-corrected chi connectivity index (χ1v) is 11.5. The van der Waals surface area contributed by atoms with Crippen molar-refractivity contribution in [2.24, 2.45) is 0 Å². The molecule has 31 heavy (non-hydrogen) atoms. The van der Waals surface area contributed by atoms with Crippen LogP contribution in [0.25, 0.3) is 0 Å². The lowest BCUT2D eigenvalue weighted by Crippen LogP contribution is -2.24. The van der Waals surface area contributed by atoms with E-state index in [4.69, 9.17) is 19.9 Å². The molecule has 0 aliphatic rings. The van der Waals surface area contributed by atoms with Crippen LogP contribution in [0.5, 0.6) is 23.0 Å². The smallest absolute Gasteiger partial charge is 0.244 e. The molecule has 0 aliphatic carbocycles. The first-order chi connectivity index (χ1) is 14.7. The maximum atomic E-state index is 13.1. The van der Waals surface area contributed by atoms with E-state index >= 15 is 0 Å². The Labute approximate surface area is 190 Å². The molecule has 0 radical (unpaired) electrons. The lowest BCUT2D eigenvalue weighted by molar-refractivity contribution is 0.390. The van der Waals surface area contributed by atoms with Crippen molar-refractivity contribution in [3.8, 4) is 23.0 Å². The maximum absolute atomic E-state index is 13.1. The van der Waals surface area contributed by atoms with Gasteiger partial charge in [0, 0.05) is 23.9 Å². The van der Waals surface area contributed by atoms with Crippen molar-refractivity contribution < 1.29 is 22.6 Å². The number of hydrogen-bond acceptors (Lipinski definition) is 6. The number of benzene rings is 3. The Morgan fingerprint density at radius 2 is 1.71 bits per heavy atom. The summed E-state index contributed by atoms with van der Waals surface area (Å²) in [5.41, 5.74) is 7.80. The molecule has 3 aromatic rings. The second-order valence-electron chi connectivity index (χ2n) is 6.74. The molecule has 0 saturated carbocycles. The van der Waals surface area contributed by atoms with E-state index in [1.54, 1.807) is 31.4 Å². The molecular weight excluding hydrogens is 484 g/mol. The standard InChI is InChI=1S/C22H23BrN2O5S/c1-14-4-8-18(23)21(10-14)30-19-9-6-16(24)11-22(19)31(26,27)25-13-15-5-7-17(28-2)12-20(15)29-3/h4-12,25H,13,24H2,1-3H3. The van der Waals surface area contributed by atoms with E-state index in [1.807, 2.05) is 25.1 Å². The van der Waals surface area contributed by atoms with Crippen molar-refractivity contribution in [2.45, 2.75) is 18.4 Å². The molecule has 0 bridgehead atoms. The van der Waals surface area contributed by atoms with Crippen molar-refractivity contribution in [3.05, 3.63) is 70.2 Å². The average Bonchev–Trinajstić information content (AvgIpc) is 2.75. The Hall–Kier alpha value is -2.75. The van der Waals surface area contributed by atoms with E-state index in [0.717, 1.165) is 5.56 Å². The zero-order chi connectivity index (χ0) is 22.6. The fraction of sp³-hybridized carbons (Fsp3) is 0.182. The monoisotopic (exact) mass is 506 g/mol. The highest BCUT2D eigenvalue weighted by Gasteiger charge is 2.22. The van der Waals surface area contributed by atoms with Crippen LogP contribution in [-0.2, 0) is 16.6 Å². The number of sulfonamides is 1. The summed E-state index contributed by atoms with van der Waals surface area (Å²) in [6, 6.07) is 15.2. The summed E-state index contributed by atoms with van der Waals surface area (Å²) in [5, 5.41) is 0. The summed E-state index contributed by atoms with van der Waals surface area (Å²) in [5.74, 6) is 1.78. The number of anilines is 1. The molecule has 9 heteroatoms. The summed E-state index contributed by atoms with van der Waals surface area (Å²) in [7, 11) is -0.896. The molecule has 3 N–H and O–H groups in total. The van der Waals surface area contributed by atoms with Crippen LogP contribution in [-0.4, -0.2) is 22.6 Å². The molecule has 0 aromatic heterocycles. The highest BCUT2D eigenvalue weighted by molar-refractivity contribution is 9.10. The Morgan fingerprint density at radius 3 is 2.42 bits per heavy atom. The van der Waals surface area contributed by atoms with Gasteiger partial charge in [0.2, 0.25) is 10.0 Å². The van der Waals surface area contributed by atoms with Crippen LogP contribution in [0.3, 0.4) is 0 Å². The SMILES string of the molecule is COc1ccc(CNS(=O)(=O)c2cc(N)ccc2Oc2cc(C)ccc2Br)c(OC)c1. The molecule has 0 spiro atoms. The highest BCUT2D eigenvalue weighted by Crippen LogP contribution is 2.35. The second kappa shape index (κ2) is 9.59. The van der Waals surface area contributed by atoms with E-state index in [1.165, 1.54) is 19.2 Å². The summed E-state index contributed by atoms with van der Waals surface area (Å²) in [6.45, 7) is 1.93. The number of methoxy groups -OCH3 is 2. The molecule has 164 valence electrons. The van der Waals surface area contributed by atoms with Crippen molar-refractivity contribution in [2.75, 3.05) is 20.0 Å². The lowest BCUT2D eigenvalue weighted by Gasteiger charge is -2.15. The van der Waals surface area contributed by atoms with Gasteiger partial charge in [-0.1, -0.05) is 12.1 Å². The molecule has 0 atom stereocenters. The summed E-state index contributed by atoms with van der Waals surface area (Å²) in [6.07, 6.45) is 0. The van der Waals surface area contributed by atoms with Gasteiger partial charge in [-0.2, -0.15) is 0 Å². The molecule has 0 saturated heterocycles. The number of halogens is 1. The number of rotatable bonds is 8. The number of nitrogens with one attached hydrogen (secondary N) is 1. The Morgan fingerprint density at radius 1 is 0.935 bits per heavy atom. The van der Waals surface area contributed by atoms with E-state index < -0.39 is 10.0 Å². The third-order valence-electron chi connectivity index (χ3n) is 4.51. The zero-order valence-electron chi connectivity index (χ0n) is 17.3. The van der Waals surface area contributed by atoms with E-state index in [-0.39, 0.29) is 17.2 Å². The third kappa shape index (κ3) is 5.49. The van der Waals surface area contributed by atoms with Gasteiger partial charge >= 0.3 is 0 Å². The largest absolute Gasteiger partial charge is 0.497 e. The molecule has 7 nitrogen and oxygen atoms in total. The predicted molar refractivity (Wildman–Crippen MR) is 123 cm³/mol. The van der Waals surface area contributed by atoms with Crippen molar-refractivity contribution in [1.82, 2.24) is 4.72 Å². The van der Waals surface area contributed by atoms with Gasteiger partial charge in [-0.25, -0.2) is 13.1 Å². The number of nitrogens with two attached hydrogens (primary N) is 1. The lowest BCUT2D eigenvalue weighted by atomic mass is 10.2. The minimum absolute atomic E-state index is 0.0118. The van der Waals surface area contributed by atoms with Gasteiger partial charge in [0.25, 0.3) is 0 Å². The minimum Gasteiger partial charge on any atom is -0.497 e. The Balaban J connectivity index is 1.91. The fourth-order valence-electron chi connectivity index (χ4n) is 2.87. The quantitative estimate of drug-likeness (QED) is 0.432. The third-order valence-corrected chi connectivity index (χ3v) is 6.59. The molecule has 3 rings (SSSR count). The topological polar surface area (TPSA) is 99.9 Å². The summed E-state index contributed by atoms with van der Waals surface area (Å²) < 4.78 is 46.0. The number of ether oxygens (including phenoxy) is 3. The van der Waals surface area contributed by atoms with Crippen LogP contribution in [0.1, 0.15) is 11.1 Å². The molecule has 0 heterocycles. The van der Waals surface area contributed by atoms with Crippen LogP contribution in [0.2, 0.25) is 0 Å². The van der Waals surface area contributed by atoms with Crippen LogP contribution < -0.4 is 24.7 Å². The average molecular weight is 507 g/mol. The molecule has 3 aromatic carbocycles. The van der Waals surface area contributed by atoms with Crippen LogP contribution >= 0.6 is 15.9 Å². The van der Waals surface area contributed by atoms with E-state index in [0.29, 0.717) is 33.0 Å². The van der Waals surface area contributed by atoms with Crippen LogP contribution in [0.4, 0.5) is 5.69 Å². The van der Waals surface area contributed by atoms with Gasteiger partial charge in [0.15, 0.2) is 0 Å². The molecule has 0 fully saturated rings. The van der Waals surface area contributed by atoms with Gasteiger partial charge in [0.1, 0.15) is 27.9 Å².